The normalized spacial score (nSPS) is 26.5. The molecule has 0 saturated carbocycles. The SMILES string of the molecule is CS(=O)(=O)C1CCC(=O)N1. The summed E-state index contributed by atoms with van der Waals surface area (Å²) < 4.78 is 21.5. The number of carbonyl (C=O) groups is 1. The summed E-state index contributed by atoms with van der Waals surface area (Å²) in [5.74, 6) is -0.171. The second-order valence-electron chi connectivity index (χ2n) is 2.42. The first-order valence-electron chi connectivity index (χ1n) is 2.98. The summed E-state index contributed by atoms with van der Waals surface area (Å²) in [6, 6.07) is 0. The van der Waals surface area contributed by atoms with Crippen LogP contribution in [0.1, 0.15) is 12.8 Å². The summed E-state index contributed by atoms with van der Waals surface area (Å²) in [5.41, 5.74) is 0. The van der Waals surface area contributed by atoms with Crippen LogP contribution in [0.25, 0.3) is 0 Å². The van der Waals surface area contributed by atoms with Gasteiger partial charge in [0.25, 0.3) is 0 Å². The molecule has 0 aromatic rings. The molecule has 1 fully saturated rings. The van der Waals surface area contributed by atoms with E-state index in [0.29, 0.717) is 12.8 Å². The van der Waals surface area contributed by atoms with Crippen molar-refractivity contribution in [2.45, 2.75) is 18.2 Å². The topological polar surface area (TPSA) is 63.2 Å². The van der Waals surface area contributed by atoms with Crippen molar-refractivity contribution in [2.75, 3.05) is 6.26 Å². The van der Waals surface area contributed by atoms with E-state index in [1.165, 1.54) is 0 Å². The van der Waals surface area contributed by atoms with Gasteiger partial charge >= 0.3 is 0 Å². The molecule has 1 aliphatic heterocycles. The maximum absolute atomic E-state index is 10.8. The Hall–Kier alpha value is -0.580. The molecule has 1 aliphatic rings. The molecule has 5 heteroatoms. The van der Waals surface area contributed by atoms with Gasteiger partial charge in [-0.25, -0.2) is 8.42 Å². The van der Waals surface area contributed by atoms with Gasteiger partial charge in [-0.2, -0.15) is 0 Å². The van der Waals surface area contributed by atoms with Crippen LogP contribution in [0.5, 0.6) is 0 Å². The summed E-state index contributed by atoms with van der Waals surface area (Å²) in [6.45, 7) is 0. The molecule has 1 N–H and O–H groups in total. The van der Waals surface area contributed by atoms with Crippen LogP contribution in [0.2, 0.25) is 0 Å². The Morgan fingerprint density at radius 1 is 1.60 bits per heavy atom. The van der Waals surface area contributed by atoms with Crippen molar-refractivity contribution < 1.29 is 13.2 Å². The van der Waals surface area contributed by atoms with E-state index in [2.05, 4.69) is 5.32 Å². The molecule has 4 nitrogen and oxygen atoms in total. The lowest BCUT2D eigenvalue weighted by Gasteiger charge is -2.04. The molecule has 1 amide bonds. The third-order valence-electron chi connectivity index (χ3n) is 1.47. The number of hydrogen-bond donors (Lipinski definition) is 1. The highest BCUT2D eigenvalue weighted by Gasteiger charge is 2.28. The van der Waals surface area contributed by atoms with Gasteiger partial charge in [-0.1, -0.05) is 0 Å². The molecule has 0 aromatic heterocycles. The van der Waals surface area contributed by atoms with Crippen molar-refractivity contribution in [2.24, 2.45) is 0 Å². The summed E-state index contributed by atoms with van der Waals surface area (Å²) in [7, 11) is -3.07. The fraction of sp³-hybridized carbons (Fsp3) is 0.800. The van der Waals surface area contributed by atoms with E-state index in [4.69, 9.17) is 0 Å². The van der Waals surface area contributed by atoms with Gasteiger partial charge in [-0.05, 0) is 6.42 Å². The number of amides is 1. The average molecular weight is 163 g/mol. The third-order valence-corrected chi connectivity index (χ3v) is 2.86. The smallest absolute Gasteiger partial charge is 0.221 e. The van der Waals surface area contributed by atoms with E-state index in [-0.39, 0.29) is 5.91 Å². The molecule has 1 rings (SSSR count). The number of carbonyl (C=O) groups excluding carboxylic acids is 1. The molecule has 0 spiro atoms. The zero-order valence-electron chi connectivity index (χ0n) is 5.62. The van der Waals surface area contributed by atoms with Crippen LogP contribution >= 0.6 is 0 Å². The number of nitrogens with one attached hydrogen (secondary N) is 1. The lowest BCUT2D eigenvalue weighted by molar-refractivity contribution is -0.119. The highest BCUT2D eigenvalue weighted by atomic mass is 32.2. The molecule has 58 valence electrons. The molecule has 0 bridgehead atoms. The van der Waals surface area contributed by atoms with E-state index in [1.807, 2.05) is 0 Å². The van der Waals surface area contributed by atoms with Gasteiger partial charge in [0.1, 0.15) is 5.37 Å². The van der Waals surface area contributed by atoms with E-state index in [0.717, 1.165) is 6.26 Å². The minimum Gasteiger partial charge on any atom is -0.340 e. The Kier molecular flexibility index (Phi) is 1.68. The maximum Gasteiger partial charge on any atom is 0.221 e. The van der Waals surface area contributed by atoms with Gasteiger partial charge in [0.2, 0.25) is 5.91 Å². The van der Waals surface area contributed by atoms with Crippen LogP contribution in [0, 0.1) is 0 Å². The Bertz CT molecular complexity index is 244. The molecular weight excluding hydrogens is 154 g/mol. The second kappa shape index (κ2) is 2.23. The largest absolute Gasteiger partial charge is 0.340 e. The van der Waals surface area contributed by atoms with Gasteiger partial charge in [0.15, 0.2) is 9.84 Å². The maximum atomic E-state index is 10.8. The van der Waals surface area contributed by atoms with Crippen molar-refractivity contribution in [3.05, 3.63) is 0 Å². The molecule has 0 aliphatic carbocycles. The van der Waals surface area contributed by atoms with Crippen LogP contribution < -0.4 is 5.32 Å². The van der Waals surface area contributed by atoms with E-state index in [1.54, 1.807) is 0 Å². The third kappa shape index (κ3) is 1.47. The zero-order valence-corrected chi connectivity index (χ0v) is 6.44. The lowest BCUT2D eigenvalue weighted by Crippen LogP contribution is -2.32. The van der Waals surface area contributed by atoms with Crippen LogP contribution in [-0.4, -0.2) is 26.0 Å². The van der Waals surface area contributed by atoms with E-state index >= 15 is 0 Å². The van der Waals surface area contributed by atoms with Gasteiger partial charge in [-0.3, -0.25) is 4.79 Å². The van der Waals surface area contributed by atoms with Crippen molar-refractivity contribution in [3.8, 4) is 0 Å². The molecule has 0 radical (unpaired) electrons. The van der Waals surface area contributed by atoms with Crippen LogP contribution in [0.3, 0.4) is 0 Å². The molecule has 0 aromatic carbocycles. The Morgan fingerprint density at radius 2 is 2.20 bits per heavy atom. The first kappa shape index (κ1) is 7.53. The van der Waals surface area contributed by atoms with E-state index in [9.17, 15) is 13.2 Å². The molecule has 1 atom stereocenters. The lowest BCUT2D eigenvalue weighted by atomic mass is 10.4. The van der Waals surface area contributed by atoms with Gasteiger partial charge in [-0.15, -0.1) is 0 Å². The number of rotatable bonds is 1. The fourth-order valence-corrected chi connectivity index (χ4v) is 1.80. The molecule has 1 saturated heterocycles. The summed E-state index contributed by atoms with van der Waals surface area (Å²) in [6.07, 6.45) is 1.87. The van der Waals surface area contributed by atoms with Crippen molar-refractivity contribution in [1.82, 2.24) is 5.32 Å². The highest BCUT2D eigenvalue weighted by Crippen LogP contribution is 2.10. The molecular formula is C5H9NO3S. The average Bonchev–Trinajstić information content (AvgIpc) is 2.11. The first-order chi connectivity index (χ1) is 4.50. The standard InChI is InChI=1S/C5H9NO3S/c1-10(8,9)5-3-2-4(7)6-5/h5H,2-3H2,1H3,(H,6,7). The van der Waals surface area contributed by atoms with Gasteiger partial charge < -0.3 is 5.32 Å². The van der Waals surface area contributed by atoms with Crippen molar-refractivity contribution in [1.29, 1.82) is 0 Å². The Balaban J connectivity index is 2.71. The van der Waals surface area contributed by atoms with Crippen LogP contribution in [-0.2, 0) is 14.6 Å². The quantitative estimate of drug-likeness (QED) is 0.554. The number of sulfone groups is 1. The fourth-order valence-electron chi connectivity index (χ4n) is 0.907. The Morgan fingerprint density at radius 3 is 2.40 bits per heavy atom. The number of hydrogen-bond acceptors (Lipinski definition) is 3. The van der Waals surface area contributed by atoms with E-state index < -0.39 is 15.2 Å². The van der Waals surface area contributed by atoms with Crippen LogP contribution in [0.4, 0.5) is 0 Å². The zero-order chi connectivity index (χ0) is 7.78. The predicted molar refractivity (Wildman–Crippen MR) is 36.0 cm³/mol. The second-order valence-corrected chi connectivity index (χ2v) is 4.65. The monoisotopic (exact) mass is 163 g/mol. The highest BCUT2D eigenvalue weighted by molar-refractivity contribution is 7.91. The minimum absolute atomic E-state index is 0.171. The van der Waals surface area contributed by atoms with Crippen molar-refractivity contribution >= 4 is 15.7 Å². The van der Waals surface area contributed by atoms with Crippen molar-refractivity contribution in [3.63, 3.8) is 0 Å². The Labute approximate surface area is 59.5 Å². The summed E-state index contributed by atoms with van der Waals surface area (Å²) in [4.78, 5) is 10.5. The van der Waals surface area contributed by atoms with Gasteiger partial charge in [0, 0.05) is 12.7 Å². The summed E-state index contributed by atoms with van der Waals surface area (Å²) in [5, 5.41) is 1.73. The molecule has 1 unspecified atom stereocenters. The molecule has 10 heavy (non-hydrogen) atoms. The predicted octanol–water partition coefficient (Wildman–Crippen LogP) is -0.733. The molecule has 1 heterocycles. The summed E-state index contributed by atoms with van der Waals surface area (Å²) >= 11 is 0. The van der Waals surface area contributed by atoms with Gasteiger partial charge in [0.05, 0.1) is 0 Å². The minimum atomic E-state index is -3.07. The van der Waals surface area contributed by atoms with Crippen LogP contribution in [0.15, 0.2) is 0 Å². The first-order valence-corrected chi connectivity index (χ1v) is 4.94.